The van der Waals surface area contributed by atoms with Gasteiger partial charge in [-0.3, -0.25) is 5.41 Å². The third-order valence-electron chi connectivity index (χ3n) is 3.28. The van der Waals surface area contributed by atoms with Gasteiger partial charge in [0.2, 0.25) is 20.6 Å². The molecule has 0 saturated carbocycles. The van der Waals surface area contributed by atoms with E-state index < -0.39 is 15.7 Å². The van der Waals surface area contributed by atoms with Crippen LogP contribution in [0.15, 0.2) is 29.4 Å². The van der Waals surface area contributed by atoms with Gasteiger partial charge >= 0.3 is 0 Å². The van der Waals surface area contributed by atoms with Crippen molar-refractivity contribution >= 4 is 9.84 Å². The monoisotopic (exact) mass is 352 g/mol. The number of hydrogen-bond acceptors (Lipinski definition) is 7. The quantitative estimate of drug-likeness (QED) is 0.660. The summed E-state index contributed by atoms with van der Waals surface area (Å²) in [4.78, 5) is 0. The Morgan fingerprint density at radius 2 is 2.00 bits per heavy atom. The van der Waals surface area contributed by atoms with Crippen LogP contribution in [0.4, 0.5) is 4.39 Å². The van der Waals surface area contributed by atoms with E-state index in [1.54, 1.807) is 6.07 Å². The van der Waals surface area contributed by atoms with Gasteiger partial charge in [-0.15, -0.1) is 10.2 Å². The smallest absolute Gasteiger partial charge is 0.249 e. The Morgan fingerprint density at radius 3 is 2.62 bits per heavy atom. The summed E-state index contributed by atoms with van der Waals surface area (Å²) in [6, 6.07) is 5.59. The molecule has 3 aromatic rings. The molecule has 0 aliphatic heterocycles. The van der Waals surface area contributed by atoms with Crippen LogP contribution in [0.1, 0.15) is 5.82 Å². The Hall–Kier alpha value is -2.89. The van der Waals surface area contributed by atoms with E-state index in [0.29, 0.717) is 11.5 Å². The van der Waals surface area contributed by atoms with Crippen LogP contribution >= 0.6 is 0 Å². The summed E-state index contributed by atoms with van der Waals surface area (Å²) >= 11 is 0. The first kappa shape index (κ1) is 16.0. The fourth-order valence-electron chi connectivity index (χ4n) is 2.11. The zero-order chi connectivity index (χ0) is 17.5. The van der Waals surface area contributed by atoms with Crippen molar-refractivity contribution in [1.82, 2.24) is 34.6 Å². The van der Waals surface area contributed by atoms with E-state index in [-0.39, 0.29) is 17.3 Å². The summed E-state index contributed by atoms with van der Waals surface area (Å²) in [5.41, 5.74) is 0.227. The molecule has 2 aromatic heterocycles. The highest BCUT2D eigenvalue weighted by molar-refractivity contribution is 7.90. The molecule has 126 valence electrons. The Kier molecular flexibility index (Phi) is 3.75. The van der Waals surface area contributed by atoms with Crippen LogP contribution in [0.2, 0.25) is 0 Å². The van der Waals surface area contributed by atoms with E-state index in [1.165, 1.54) is 34.5 Å². The van der Waals surface area contributed by atoms with Gasteiger partial charge in [-0.25, -0.2) is 17.5 Å². The molecule has 0 aliphatic rings. The molecule has 0 atom stereocenters. The lowest BCUT2D eigenvalue weighted by Crippen LogP contribution is -2.26. The van der Waals surface area contributed by atoms with Crippen LogP contribution < -0.4 is 5.62 Å². The maximum Gasteiger partial charge on any atom is 0.249 e. The second-order valence-corrected chi connectivity index (χ2v) is 6.99. The lowest BCUT2D eigenvalue weighted by molar-refractivity contribution is 0.562. The molecular weight excluding hydrogens is 339 g/mol. The SMILES string of the molecule is Cn1c(Cn2nnn(-c3cccc(F)c3)c2=N)nnc1S(C)(=O)=O. The van der Waals surface area contributed by atoms with Crippen molar-refractivity contribution in [2.24, 2.45) is 7.05 Å². The van der Waals surface area contributed by atoms with E-state index in [0.717, 1.165) is 10.9 Å². The van der Waals surface area contributed by atoms with Crippen LogP contribution in [0.25, 0.3) is 5.69 Å². The van der Waals surface area contributed by atoms with E-state index in [4.69, 9.17) is 5.41 Å². The first-order valence-electron chi connectivity index (χ1n) is 6.69. The van der Waals surface area contributed by atoms with E-state index in [9.17, 15) is 12.8 Å². The molecule has 0 bridgehead atoms. The summed E-state index contributed by atoms with van der Waals surface area (Å²) in [6.07, 6.45) is 1.03. The third-order valence-corrected chi connectivity index (χ3v) is 4.30. The number of nitrogens with one attached hydrogen (secondary N) is 1. The number of hydrogen-bond donors (Lipinski definition) is 1. The van der Waals surface area contributed by atoms with Gasteiger partial charge in [-0.1, -0.05) is 6.07 Å². The summed E-state index contributed by atoms with van der Waals surface area (Å²) in [5.74, 6) is -0.166. The highest BCUT2D eigenvalue weighted by atomic mass is 32.2. The molecule has 3 rings (SSSR count). The zero-order valence-electron chi connectivity index (χ0n) is 12.7. The fraction of sp³-hybridized carbons (Fsp3) is 0.250. The molecule has 24 heavy (non-hydrogen) atoms. The summed E-state index contributed by atoms with van der Waals surface area (Å²) in [6.45, 7) is -0.00678. The van der Waals surface area contributed by atoms with Crippen LogP contribution in [0.5, 0.6) is 0 Å². The van der Waals surface area contributed by atoms with Crippen molar-refractivity contribution in [2.45, 2.75) is 11.7 Å². The molecule has 12 heteroatoms. The second-order valence-electron chi connectivity index (χ2n) is 5.08. The lowest BCUT2D eigenvalue weighted by Gasteiger charge is -2.02. The fourth-order valence-corrected chi connectivity index (χ4v) is 2.90. The Morgan fingerprint density at radius 1 is 1.25 bits per heavy atom. The van der Waals surface area contributed by atoms with Crippen LogP contribution in [-0.4, -0.2) is 49.2 Å². The molecule has 10 nitrogen and oxygen atoms in total. The van der Waals surface area contributed by atoms with Gasteiger partial charge in [0.15, 0.2) is 5.82 Å². The van der Waals surface area contributed by atoms with Gasteiger partial charge in [0, 0.05) is 13.3 Å². The minimum atomic E-state index is -3.51. The first-order valence-corrected chi connectivity index (χ1v) is 8.58. The summed E-state index contributed by atoms with van der Waals surface area (Å²) in [5, 5.41) is 23.0. The Labute approximate surface area is 135 Å². The maximum atomic E-state index is 13.3. The standard InChI is InChI=1S/C12H13FN8O2S/c1-19-10(15-16-12(19)24(2,22)23)7-20-11(14)21(18-17-20)9-5-3-4-8(13)6-9/h3-6,14H,7H2,1-2H3. The number of benzene rings is 1. The maximum absolute atomic E-state index is 13.3. The molecule has 0 aliphatic carbocycles. The van der Waals surface area contributed by atoms with Crippen molar-refractivity contribution in [2.75, 3.05) is 6.26 Å². The van der Waals surface area contributed by atoms with Gasteiger partial charge in [0.25, 0.3) is 0 Å². The lowest BCUT2D eigenvalue weighted by atomic mass is 10.3. The largest absolute Gasteiger partial charge is 0.303 e. The highest BCUT2D eigenvalue weighted by Crippen LogP contribution is 2.08. The molecule has 2 heterocycles. The van der Waals surface area contributed by atoms with Gasteiger partial charge in [-0.05, 0) is 28.6 Å². The molecule has 0 fully saturated rings. The van der Waals surface area contributed by atoms with Crippen LogP contribution in [0.3, 0.4) is 0 Å². The second kappa shape index (κ2) is 5.63. The van der Waals surface area contributed by atoms with Crippen LogP contribution in [0, 0.1) is 11.2 Å². The number of halogens is 1. The predicted octanol–water partition coefficient (Wildman–Crippen LogP) is -0.732. The third kappa shape index (κ3) is 2.82. The van der Waals surface area contributed by atoms with E-state index in [1.807, 2.05) is 0 Å². The van der Waals surface area contributed by atoms with Crippen molar-refractivity contribution in [3.8, 4) is 5.69 Å². The number of tetrazole rings is 1. The predicted molar refractivity (Wildman–Crippen MR) is 78.4 cm³/mol. The molecule has 0 unspecified atom stereocenters. The molecule has 0 spiro atoms. The molecular formula is C12H13FN8O2S. The van der Waals surface area contributed by atoms with Gasteiger partial charge in [0.1, 0.15) is 12.4 Å². The highest BCUT2D eigenvalue weighted by Gasteiger charge is 2.19. The Balaban J connectivity index is 1.96. The minimum Gasteiger partial charge on any atom is -0.303 e. The molecule has 0 amide bonds. The topological polar surface area (TPSA) is 124 Å². The zero-order valence-corrected chi connectivity index (χ0v) is 13.6. The van der Waals surface area contributed by atoms with Crippen molar-refractivity contribution in [3.05, 3.63) is 41.5 Å². The summed E-state index contributed by atoms with van der Waals surface area (Å²) in [7, 11) is -2.00. The average molecular weight is 352 g/mol. The number of sulfone groups is 1. The molecule has 1 N–H and O–H groups in total. The first-order chi connectivity index (χ1) is 11.3. The van der Waals surface area contributed by atoms with Gasteiger partial charge in [-0.2, -0.15) is 4.68 Å². The normalized spacial score (nSPS) is 11.8. The Bertz CT molecular complexity index is 1060. The number of aromatic nitrogens is 7. The molecule has 0 radical (unpaired) electrons. The van der Waals surface area contributed by atoms with Crippen molar-refractivity contribution in [1.29, 1.82) is 5.41 Å². The van der Waals surface area contributed by atoms with Crippen molar-refractivity contribution < 1.29 is 12.8 Å². The van der Waals surface area contributed by atoms with E-state index >= 15 is 0 Å². The number of nitrogens with zero attached hydrogens (tertiary/aromatic N) is 7. The number of rotatable bonds is 4. The van der Waals surface area contributed by atoms with Crippen LogP contribution in [-0.2, 0) is 23.4 Å². The van der Waals surface area contributed by atoms with Gasteiger partial charge < -0.3 is 4.57 Å². The van der Waals surface area contributed by atoms with Gasteiger partial charge in [0.05, 0.1) is 5.69 Å². The van der Waals surface area contributed by atoms with E-state index in [2.05, 4.69) is 20.6 Å². The molecule has 0 saturated heterocycles. The molecule has 1 aromatic carbocycles. The summed E-state index contributed by atoms with van der Waals surface area (Å²) < 4.78 is 40.1. The average Bonchev–Trinajstić information content (AvgIpc) is 3.04. The van der Waals surface area contributed by atoms with Crippen molar-refractivity contribution in [3.63, 3.8) is 0 Å². The minimum absolute atomic E-state index is 0.00678.